The van der Waals surface area contributed by atoms with E-state index >= 15 is 0 Å². The molecule has 2 atom stereocenters. The first-order valence-electron chi connectivity index (χ1n) is 14.0. The fourth-order valence-corrected chi connectivity index (χ4v) is 6.27. The first-order chi connectivity index (χ1) is 19.5. The highest BCUT2D eigenvalue weighted by Gasteiger charge is 2.39. The number of aryl methyl sites for hydroxylation is 1. The zero-order chi connectivity index (χ0) is 27.6. The minimum absolute atomic E-state index is 0.0173. The molecule has 0 spiro atoms. The van der Waals surface area contributed by atoms with E-state index in [9.17, 15) is 14.7 Å². The van der Waals surface area contributed by atoms with Crippen molar-refractivity contribution in [1.82, 2.24) is 15.1 Å². The maximum atomic E-state index is 13.1. The van der Waals surface area contributed by atoms with E-state index in [0.717, 1.165) is 55.7 Å². The predicted octanol–water partition coefficient (Wildman–Crippen LogP) is 4.33. The molecule has 40 heavy (non-hydrogen) atoms. The number of likely N-dealkylation sites (tertiary alicyclic amines) is 2. The van der Waals surface area contributed by atoms with E-state index < -0.39 is 0 Å². The molecular formula is C32H35N3O5. The molecule has 3 aromatic carbocycles. The number of piperidine rings is 1. The van der Waals surface area contributed by atoms with E-state index in [-0.39, 0.29) is 29.5 Å². The summed E-state index contributed by atoms with van der Waals surface area (Å²) in [5.74, 6) is 1.66. The van der Waals surface area contributed by atoms with E-state index in [1.165, 1.54) is 0 Å². The number of hydrogen-bond donors (Lipinski definition) is 2. The smallest absolute Gasteiger partial charge is 0.253 e. The molecule has 8 heteroatoms. The number of nitrogens with zero attached hydrogens (tertiary/aromatic N) is 2. The molecule has 6 rings (SSSR count). The number of phenols is 1. The van der Waals surface area contributed by atoms with Crippen LogP contribution in [0.15, 0.2) is 66.7 Å². The first-order valence-corrected chi connectivity index (χ1v) is 14.0. The third-order valence-corrected chi connectivity index (χ3v) is 8.48. The fourth-order valence-electron chi connectivity index (χ4n) is 6.27. The lowest BCUT2D eigenvalue weighted by Crippen LogP contribution is -2.47. The van der Waals surface area contributed by atoms with Crippen molar-refractivity contribution in [3.63, 3.8) is 0 Å². The molecule has 2 amide bonds. The second kappa shape index (κ2) is 11.2. The Balaban J connectivity index is 1.23. The van der Waals surface area contributed by atoms with Gasteiger partial charge in [0.2, 0.25) is 5.91 Å². The minimum Gasteiger partial charge on any atom is -0.504 e. The molecule has 2 fully saturated rings. The molecule has 0 aliphatic carbocycles. The summed E-state index contributed by atoms with van der Waals surface area (Å²) >= 11 is 0. The number of fused-ring (bicyclic) bond motifs is 6. The number of amides is 2. The lowest BCUT2D eigenvalue weighted by atomic mass is 9.93. The van der Waals surface area contributed by atoms with Gasteiger partial charge in [-0.3, -0.25) is 14.5 Å². The average molecular weight is 542 g/mol. The summed E-state index contributed by atoms with van der Waals surface area (Å²) in [6.07, 6.45) is 2.70. The maximum Gasteiger partial charge on any atom is 0.253 e. The van der Waals surface area contributed by atoms with Crippen LogP contribution >= 0.6 is 0 Å². The molecule has 0 radical (unpaired) electrons. The van der Waals surface area contributed by atoms with Crippen molar-refractivity contribution in [2.75, 3.05) is 33.3 Å². The number of rotatable bonds is 3. The second-order valence-electron chi connectivity index (χ2n) is 10.9. The standard InChI is InChI=1S/C32H35N3O5/c1-39-28-11-9-23-18-30(28)40-29-17-21(7-10-27(29)36)8-12-31(37)33-26-20-35(19-25(23)26)24-13-15-34(16-14-24)32(38)22-5-3-2-4-6-22/h2-7,9-11,17-18,24-26,36H,8,12-16,19-20H2,1H3,(H,33,37)/t25-,26+/m0/s1. The summed E-state index contributed by atoms with van der Waals surface area (Å²) in [4.78, 5) is 30.5. The molecule has 3 aliphatic rings. The summed E-state index contributed by atoms with van der Waals surface area (Å²) < 4.78 is 11.8. The topological polar surface area (TPSA) is 91.3 Å². The summed E-state index contributed by atoms with van der Waals surface area (Å²) in [6, 6.07) is 20.9. The second-order valence-corrected chi connectivity index (χ2v) is 10.9. The van der Waals surface area contributed by atoms with Gasteiger partial charge in [-0.05, 0) is 66.8 Å². The van der Waals surface area contributed by atoms with Gasteiger partial charge < -0.3 is 24.8 Å². The van der Waals surface area contributed by atoms with Gasteiger partial charge in [0.1, 0.15) is 0 Å². The molecular weight excluding hydrogens is 506 g/mol. The number of ether oxygens (including phenoxy) is 2. The van der Waals surface area contributed by atoms with Gasteiger partial charge in [-0.2, -0.15) is 0 Å². The Morgan fingerprint density at radius 2 is 1.77 bits per heavy atom. The van der Waals surface area contributed by atoms with Gasteiger partial charge in [0.25, 0.3) is 5.91 Å². The van der Waals surface area contributed by atoms with Crippen molar-refractivity contribution in [1.29, 1.82) is 0 Å². The van der Waals surface area contributed by atoms with Crippen LogP contribution in [-0.4, -0.2) is 72.1 Å². The molecule has 0 aromatic heterocycles. The largest absolute Gasteiger partial charge is 0.504 e. The molecule has 3 aliphatic heterocycles. The predicted molar refractivity (Wildman–Crippen MR) is 151 cm³/mol. The maximum absolute atomic E-state index is 13.1. The third-order valence-electron chi connectivity index (χ3n) is 8.48. The highest BCUT2D eigenvalue weighted by atomic mass is 16.5. The van der Waals surface area contributed by atoms with Crippen LogP contribution in [0, 0.1) is 0 Å². The van der Waals surface area contributed by atoms with Gasteiger partial charge in [0.15, 0.2) is 23.0 Å². The zero-order valence-electron chi connectivity index (χ0n) is 22.7. The van der Waals surface area contributed by atoms with Crippen molar-refractivity contribution in [3.05, 3.63) is 83.4 Å². The number of aromatic hydroxyl groups is 1. The number of hydrogen-bond acceptors (Lipinski definition) is 6. The number of carbonyl (C=O) groups is 2. The lowest BCUT2D eigenvalue weighted by Gasteiger charge is -2.37. The van der Waals surface area contributed by atoms with Crippen molar-refractivity contribution < 1.29 is 24.2 Å². The summed E-state index contributed by atoms with van der Waals surface area (Å²) in [6.45, 7) is 2.99. The van der Waals surface area contributed by atoms with E-state index in [2.05, 4.69) is 10.2 Å². The average Bonchev–Trinajstić information content (AvgIpc) is 3.41. The van der Waals surface area contributed by atoms with Crippen LogP contribution in [0.4, 0.5) is 0 Å². The van der Waals surface area contributed by atoms with E-state index in [1.54, 1.807) is 19.2 Å². The van der Waals surface area contributed by atoms with Crippen LogP contribution in [0.2, 0.25) is 0 Å². The van der Waals surface area contributed by atoms with Gasteiger partial charge in [-0.15, -0.1) is 0 Å². The number of methoxy groups -OCH3 is 1. The van der Waals surface area contributed by atoms with Gasteiger partial charge in [-0.1, -0.05) is 30.3 Å². The third kappa shape index (κ3) is 5.36. The number of nitrogens with one attached hydrogen (secondary N) is 1. The van der Waals surface area contributed by atoms with Crippen LogP contribution < -0.4 is 14.8 Å². The van der Waals surface area contributed by atoms with Crippen LogP contribution in [0.5, 0.6) is 23.0 Å². The minimum atomic E-state index is -0.0463. The van der Waals surface area contributed by atoms with Gasteiger partial charge in [-0.25, -0.2) is 0 Å². The zero-order valence-corrected chi connectivity index (χ0v) is 22.7. The molecule has 0 unspecified atom stereocenters. The van der Waals surface area contributed by atoms with Crippen molar-refractivity contribution in [3.8, 4) is 23.0 Å². The number of benzene rings is 3. The molecule has 2 saturated heterocycles. The van der Waals surface area contributed by atoms with E-state index in [1.807, 2.05) is 59.5 Å². The van der Waals surface area contributed by atoms with Crippen LogP contribution in [0.25, 0.3) is 0 Å². The Morgan fingerprint density at radius 3 is 2.55 bits per heavy atom. The molecule has 208 valence electrons. The van der Waals surface area contributed by atoms with Gasteiger partial charge >= 0.3 is 0 Å². The first kappa shape index (κ1) is 26.2. The Labute approximate surface area is 234 Å². The summed E-state index contributed by atoms with van der Waals surface area (Å²) in [7, 11) is 1.60. The molecule has 8 nitrogen and oxygen atoms in total. The Bertz CT molecular complexity index is 1390. The monoisotopic (exact) mass is 541 g/mol. The van der Waals surface area contributed by atoms with Crippen LogP contribution in [0.1, 0.15) is 46.7 Å². The Kier molecular flexibility index (Phi) is 7.34. The summed E-state index contributed by atoms with van der Waals surface area (Å²) in [5, 5.41) is 13.8. The molecule has 2 N–H and O–H groups in total. The molecule has 3 aromatic rings. The molecule has 0 saturated carbocycles. The lowest BCUT2D eigenvalue weighted by molar-refractivity contribution is -0.121. The quantitative estimate of drug-likeness (QED) is 0.513. The normalized spacial score (nSPS) is 21.7. The highest BCUT2D eigenvalue weighted by molar-refractivity contribution is 5.94. The van der Waals surface area contributed by atoms with Crippen molar-refractivity contribution >= 4 is 11.8 Å². The summed E-state index contributed by atoms with van der Waals surface area (Å²) in [5.41, 5.74) is 2.70. The molecule has 3 heterocycles. The van der Waals surface area contributed by atoms with Crippen LogP contribution in [0.3, 0.4) is 0 Å². The Hall–Kier alpha value is -4.04. The van der Waals surface area contributed by atoms with Crippen LogP contribution in [-0.2, 0) is 11.2 Å². The number of phenolic OH excluding ortho intramolecular Hbond substituents is 1. The molecule has 4 bridgehead atoms. The van der Waals surface area contributed by atoms with E-state index in [4.69, 9.17) is 9.47 Å². The van der Waals surface area contributed by atoms with Crippen molar-refractivity contribution in [2.24, 2.45) is 0 Å². The SMILES string of the molecule is COc1ccc2cc1Oc1cc(ccc1O)CCC(=O)N[C@@H]1CN(C3CCN(C(=O)c4ccccc4)CC3)C[C@@H]21. The van der Waals surface area contributed by atoms with Gasteiger partial charge in [0, 0.05) is 56.2 Å². The fraction of sp³-hybridized carbons (Fsp3) is 0.375. The highest BCUT2D eigenvalue weighted by Crippen LogP contribution is 2.40. The number of carbonyl (C=O) groups excluding carboxylic acids is 2. The van der Waals surface area contributed by atoms with E-state index in [0.29, 0.717) is 36.1 Å². The van der Waals surface area contributed by atoms with Crippen molar-refractivity contribution in [2.45, 2.75) is 43.7 Å². The van der Waals surface area contributed by atoms with Gasteiger partial charge in [0.05, 0.1) is 7.11 Å². The Morgan fingerprint density at radius 1 is 0.975 bits per heavy atom.